The lowest BCUT2D eigenvalue weighted by molar-refractivity contribution is 0.388. The van der Waals surface area contributed by atoms with Crippen molar-refractivity contribution in [3.05, 3.63) is 0 Å². The highest BCUT2D eigenvalue weighted by atomic mass is 15.3. The minimum Gasteiger partial charge on any atom is -0.353 e. The van der Waals surface area contributed by atoms with Crippen molar-refractivity contribution >= 4 is 5.96 Å². The summed E-state index contributed by atoms with van der Waals surface area (Å²) in [5, 5.41) is 6.91. The highest BCUT2D eigenvalue weighted by molar-refractivity contribution is 5.80. The third-order valence-electron chi connectivity index (χ3n) is 2.95. The van der Waals surface area contributed by atoms with Crippen LogP contribution in [0.25, 0.3) is 0 Å². The molecule has 2 heterocycles. The van der Waals surface area contributed by atoms with E-state index in [4.69, 9.17) is 0 Å². The summed E-state index contributed by atoms with van der Waals surface area (Å²) in [5.74, 6) is 1.10. The minimum atomic E-state index is 0.621. The molecule has 0 amide bonds. The van der Waals surface area contributed by atoms with Crippen LogP contribution in [-0.4, -0.2) is 50.1 Å². The van der Waals surface area contributed by atoms with Crippen LogP contribution >= 0.6 is 0 Å². The van der Waals surface area contributed by atoms with E-state index in [1.807, 2.05) is 0 Å². The molecule has 1 saturated heterocycles. The molecule has 1 fully saturated rings. The number of aliphatic imine (C=N–C) groups is 1. The van der Waals surface area contributed by atoms with Crippen molar-refractivity contribution in [3.8, 4) is 0 Å². The average molecular weight is 196 g/mol. The van der Waals surface area contributed by atoms with Crippen LogP contribution in [0.15, 0.2) is 4.99 Å². The molecule has 0 aliphatic carbocycles. The Morgan fingerprint density at radius 3 is 2.93 bits per heavy atom. The summed E-state index contributed by atoms with van der Waals surface area (Å²) in [5.41, 5.74) is 0. The topological polar surface area (TPSA) is 39.7 Å². The molecule has 0 atom stereocenters. The maximum absolute atomic E-state index is 4.52. The smallest absolute Gasteiger partial charge is 0.193 e. The van der Waals surface area contributed by atoms with Gasteiger partial charge < -0.3 is 15.5 Å². The molecule has 0 aromatic heterocycles. The summed E-state index contributed by atoms with van der Waals surface area (Å²) in [6, 6.07) is 0.621. The summed E-state index contributed by atoms with van der Waals surface area (Å²) in [4.78, 5) is 6.74. The van der Waals surface area contributed by atoms with E-state index in [1.54, 1.807) is 0 Å². The van der Waals surface area contributed by atoms with Gasteiger partial charge >= 0.3 is 0 Å². The summed E-state index contributed by atoms with van der Waals surface area (Å²) in [6.07, 6.45) is 3.62. The molecule has 2 N–H and O–H groups in total. The van der Waals surface area contributed by atoms with E-state index in [-0.39, 0.29) is 0 Å². The maximum atomic E-state index is 4.52. The van der Waals surface area contributed by atoms with Gasteiger partial charge in [0.1, 0.15) is 0 Å². The second-order valence-corrected chi connectivity index (χ2v) is 4.15. The van der Waals surface area contributed by atoms with Crippen molar-refractivity contribution < 1.29 is 0 Å². The number of piperidine rings is 1. The highest BCUT2D eigenvalue weighted by Gasteiger charge is 2.17. The predicted molar refractivity (Wildman–Crippen MR) is 58.6 cm³/mol. The van der Waals surface area contributed by atoms with Gasteiger partial charge in [0, 0.05) is 26.2 Å². The minimum absolute atomic E-state index is 0.621. The van der Waals surface area contributed by atoms with Crippen LogP contribution in [0, 0.1) is 0 Å². The zero-order valence-electron chi connectivity index (χ0n) is 8.92. The molecule has 4 nitrogen and oxygen atoms in total. The lowest BCUT2D eigenvalue weighted by Crippen LogP contribution is -2.49. The summed E-state index contributed by atoms with van der Waals surface area (Å²) >= 11 is 0. The predicted octanol–water partition coefficient (Wildman–Crippen LogP) is 0.0195. The number of guanidine groups is 1. The van der Waals surface area contributed by atoms with Gasteiger partial charge in [-0.15, -0.1) is 0 Å². The van der Waals surface area contributed by atoms with Gasteiger partial charge in [0.2, 0.25) is 0 Å². The number of nitrogens with one attached hydrogen (secondary N) is 2. The van der Waals surface area contributed by atoms with E-state index in [2.05, 4.69) is 27.6 Å². The number of rotatable bonds is 1. The molecule has 80 valence electrons. The Bertz CT molecular complexity index is 208. The fourth-order valence-corrected chi connectivity index (χ4v) is 2.02. The fourth-order valence-electron chi connectivity index (χ4n) is 2.02. The first-order valence-corrected chi connectivity index (χ1v) is 5.59. The molecule has 0 spiro atoms. The second kappa shape index (κ2) is 4.64. The van der Waals surface area contributed by atoms with E-state index in [9.17, 15) is 0 Å². The SMILES string of the molecule is CN1CCCN=C1NC1CCNCC1. The molecule has 2 aliphatic heterocycles. The highest BCUT2D eigenvalue weighted by Crippen LogP contribution is 2.05. The second-order valence-electron chi connectivity index (χ2n) is 4.15. The third kappa shape index (κ3) is 2.38. The number of hydrogen-bond donors (Lipinski definition) is 2. The zero-order chi connectivity index (χ0) is 9.80. The van der Waals surface area contributed by atoms with Gasteiger partial charge in [0.05, 0.1) is 0 Å². The lowest BCUT2D eigenvalue weighted by atomic mass is 10.1. The van der Waals surface area contributed by atoms with Gasteiger partial charge in [-0.1, -0.05) is 0 Å². The van der Waals surface area contributed by atoms with Crippen LogP contribution in [0.5, 0.6) is 0 Å². The first-order chi connectivity index (χ1) is 6.86. The van der Waals surface area contributed by atoms with Crippen molar-refractivity contribution in [2.45, 2.75) is 25.3 Å². The molecule has 0 bridgehead atoms. The number of nitrogens with zero attached hydrogens (tertiary/aromatic N) is 2. The molecule has 0 radical (unpaired) electrons. The maximum Gasteiger partial charge on any atom is 0.193 e. The molecular weight excluding hydrogens is 176 g/mol. The molecule has 0 saturated carbocycles. The normalized spacial score (nSPS) is 24.6. The molecule has 0 aromatic rings. The Kier molecular flexibility index (Phi) is 3.24. The Balaban J connectivity index is 1.85. The zero-order valence-corrected chi connectivity index (χ0v) is 8.92. The van der Waals surface area contributed by atoms with E-state index in [1.165, 1.54) is 19.3 Å². The number of hydrogen-bond acceptors (Lipinski definition) is 4. The van der Waals surface area contributed by atoms with Gasteiger partial charge in [-0.2, -0.15) is 0 Å². The van der Waals surface area contributed by atoms with Crippen molar-refractivity contribution in [2.75, 3.05) is 33.2 Å². The van der Waals surface area contributed by atoms with Crippen LogP contribution < -0.4 is 10.6 Å². The Morgan fingerprint density at radius 2 is 2.21 bits per heavy atom. The van der Waals surface area contributed by atoms with Crippen LogP contribution in [0.2, 0.25) is 0 Å². The van der Waals surface area contributed by atoms with E-state index in [0.717, 1.165) is 32.1 Å². The van der Waals surface area contributed by atoms with Crippen LogP contribution in [0.3, 0.4) is 0 Å². The molecule has 4 heteroatoms. The molecule has 0 unspecified atom stereocenters. The van der Waals surface area contributed by atoms with Gasteiger partial charge in [0.25, 0.3) is 0 Å². The third-order valence-corrected chi connectivity index (χ3v) is 2.95. The first-order valence-electron chi connectivity index (χ1n) is 5.59. The van der Waals surface area contributed by atoms with Crippen molar-refractivity contribution in [3.63, 3.8) is 0 Å². The average Bonchev–Trinajstić information content (AvgIpc) is 2.23. The van der Waals surface area contributed by atoms with E-state index in [0.29, 0.717) is 6.04 Å². The quantitative estimate of drug-likeness (QED) is 0.621. The summed E-state index contributed by atoms with van der Waals surface area (Å²) in [6.45, 7) is 4.39. The van der Waals surface area contributed by atoms with Gasteiger partial charge in [-0.05, 0) is 32.4 Å². The standard InChI is InChI=1S/C10H20N4/c1-14-8-2-5-12-10(14)13-9-3-6-11-7-4-9/h9,11H,2-8H2,1H3,(H,12,13). The van der Waals surface area contributed by atoms with Gasteiger partial charge in [0.15, 0.2) is 5.96 Å². The Labute approximate surface area is 85.8 Å². The van der Waals surface area contributed by atoms with Crippen molar-refractivity contribution in [1.82, 2.24) is 15.5 Å². The molecule has 2 rings (SSSR count). The summed E-state index contributed by atoms with van der Waals surface area (Å²) < 4.78 is 0. The monoisotopic (exact) mass is 196 g/mol. The molecule has 14 heavy (non-hydrogen) atoms. The van der Waals surface area contributed by atoms with Gasteiger partial charge in [-0.25, -0.2) is 0 Å². The van der Waals surface area contributed by atoms with Crippen molar-refractivity contribution in [2.24, 2.45) is 4.99 Å². The van der Waals surface area contributed by atoms with Crippen molar-refractivity contribution in [1.29, 1.82) is 0 Å². The first kappa shape index (κ1) is 9.77. The molecule has 2 aliphatic rings. The van der Waals surface area contributed by atoms with E-state index < -0.39 is 0 Å². The summed E-state index contributed by atoms with van der Waals surface area (Å²) in [7, 11) is 2.12. The van der Waals surface area contributed by atoms with Crippen LogP contribution in [0.1, 0.15) is 19.3 Å². The largest absolute Gasteiger partial charge is 0.353 e. The lowest BCUT2D eigenvalue weighted by Gasteiger charge is -2.31. The molecule has 0 aromatic carbocycles. The van der Waals surface area contributed by atoms with Crippen LogP contribution in [-0.2, 0) is 0 Å². The molecular formula is C10H20N4. The van der Waals surface area contributed by atoms with Gasteiger partial charge in [-0.3, -0.25) is 4.99 Å². The Hall–Kier alpha value is -0.770. The fraction of sp³-hybridized carbons (Fsp3) is 0.900. The van der Waals surface area contributed by atoms with Crippen LogP contribution in [0.4, 0.5) is 0 Å². The van der Waals surface area contributed by atoms with E-state index >= 15 is 0 Å². The Morgan fingerprint density at radius 1 is 1.43 bits per heavy atom.